The minimum atomic E-state index is -3.99. The molecule has 0 aliphatic carbocycles. The lowest BCUT2D eigenvalue weighted by Crippen LogP contribution is -2.43. The minimum Gasteiger partial charge on any atom is -0.480 e. The van der Waals surface area contributed by atoms with Crippen LogP contribution in [0.15, 0.2) is 17.2 Å². The highest BCUT2D eigenvalue weighted by Crippen LogP contribution is 2.12. The first-order valence-corrected chi connectivity index (χ1v) is 7.08. The van der Waals surface area contributed by atoms with E-state index in [1.807, 2.05) is 0 Å². The van der Waals surface area contributed by atoms with Gasteiger partial charge in [-0.05, 0) is 6.07 Å². The van der Waals surface area contributed by atoms with Crippen molar-refractivity contribution in [2.24, 2.45) is 17.9 Å². The number of primary sulfonamides is 1. The fourth-order valence-corrected chi connectivity index (χ4v) is 2.13. The van der Waals surface area contributed by atoms with Crippen molar-refractivity contribution in [3.8, 4) is 0 Å². The van der Waals surface area contributed by atoms with Crippen molar-refractivity contribution >= 4 is 27.8 Å². The summed E-state index contributed by atoms with van der Waals surface area (Å²) < 4.78 is 23.5. The minimum absolute atomic E-state index is 0.130. The van der Waals surface area contributed by atoms with Crippen molar-refractivity contribution in [1.82, 2.24) is 9.88 Å². The fourth-order valence-electron chi connectivity index (χ4n) is 1.55. The topological polar surface area (TPSA) is 175 Å². The van der Waals surface area contributed by atoms with E-state index in [1.54, 1.807) is 0 Å². The van der Waals surface area contributed by atoms with Crippen molar-refractivity contribution < 1.29 is 27.9 Å². The predicted molar refractivity (Wildman–Crippen MR) is 69.5 cm³/mol. The highest BCUT2D eigenvalue weighted by Gasteiger charge is 2.25. The average Bonchev–Trinajstić information content (AvgIpc) is 2.69. The maximum Gasteiger partial charge on any atom is 0.326 e. The molecule has 21 heavy (non-hydrogen) atoms. The molecule has 1 aromatic heterocycles. The number of rotatable bonds is 6. The Morgan fingerprint density at radius 3 is 2.38 bits per heavy atom. The molecule has 0 spiro atoms. The van der Waals surface area contributed by atoms with Gasteiger partial charge in [0.2, 0.25) is 15.9 Å². The molecule has 0 radical (unpaired) electrons. The van der Waals surface area contributed by atoms with Gasteiger partial charge in [0, 0.05) is 13.2 Å². The van der Waals surface area contributed by atoms with Gasteiger partial charge in [-0.2, -0.15) is 0 Å². The van der Waals surface area contributed by atoms with E-state index in [4.69, 9.17) is 16.0 Å². The molecule has 6 N–H and O–H groups in total. The van der Waals surface area contributed by atoms with Gasteiger partial charge in [0.15, 0.2) is 0 Å². The third kappa shape index (κ3) is 4.29. The van der Waals surface area contributed by atoms with Crippen LogP contribution in [0.25, 0.3) is 0 Å². The molecule has 1 atom stereocenters. The van der Waals surface area contributed by atoms with E-state index < -0.39 is 40.3 Å². The molecule has 1 rings (SSSR count). The quantitative estimate of drug-likeness (QED) is 0.460. The van der Waals surface area contributed by atoms with Crippen LogP contribution in [0.2, 0.25) is 0 Å². The summed E-state index contributed by atoms with van der Waals surface area (Å²) in [4.78, 5) is 33.3. The number of sulfonamides is 1. The number of hydrogen-bond acceptors (Lipinski definition) is 5. The Bertz CT molecular complexity index is 692. The van der Waals surface area contributed by atoms with Gasteiger partial charge in [-0.15, -0.1) is 0 Å². The largest absolute Gasteiger partial charge is 0.480 e. The van der Waals surface area contributed by atoms with Crippen molar-refractivity contribution in [1.29, 1.82) is 0 Å². The number of carbonyl (C=O) groups is 3. The first-order chi connectivity index (χ1) is 9.52. The fraction of sp³-hybridized carbons (Fsp3) is 0.300. The third-order valence-electron chi connectivity index (χ3n) is 2.55. The normalized spacial score (nSPS) is 12.7. The highest BCUT2D eigenvalue weighted by atomic mass is 32.2. The lowest BCUT2D eigenvalue weighted by atomic mass is 10.2. The van der Waals surface area contributed by atoms with E-state index in [1.165, 1.54) is 7.05 Å². The molecule has 0 aliphatic rings. The van der Waals surface area contributed by atoms with Crippen LogP contribution in [0.5, 0.6) is 0 Å². The number of aliphatic carboxylic acids is 1. The molecular weight excluding hydrogens is 304 g/mol. The number of amides is 2. The summed E-state index contributed by atoms with van der Waals surface area (Å²) >= 11 is 0. The van der Waals surface area contributed by atoms with Crippen LogP contribution in [0.3, 0.4) is 0 Å². The van der Waals surface area contributed by atoms with Crippen LogP contribution < -0.4 is 16.2 Å². The number of carboxylic acid groups (broad SMARTS) is 1. The van der Waals surface area contributed by atoms with Crippen LogP contribution in [-0.4, -0.2) is 41.9 Å². The Hall–Kier alpha value is -2.40. The van der Waals surface area contributed by atoms with Gasteiger partial charge in [-0.25, -0.2) is 18.4 Å². The molecule has 11 heteroatoms. The van der Waals surface area contributed by atoms with Gasteiger partial charge >= 0.3 is 5.97 Å². The van der Waals surface area contributed by atoms with E-state index in [0.717, 1.165) is 16.8 Å². The Morgan fingerprint density at radius 1 is 1.43 bits per heavy atom. The number of nitrogens with one attached hydrogen (secondary N) is 1. The lowest BCUT2D eigenvalue weighted by molar-refractivity contribution is -0.140. The summed E-state index contributed by atoms with van der Waals surface area (Å²) in [5.41, 5.74) is 4.75. The SMILES string of the molecule is Cn1cc(S(N)(=O)=O)cc1C(=O)NC(CC(N)=O)C(=O)O. The highest BCUT2D eigenvalue weighted by molar-refractivity contribution is 7.89. The molecule has 0 saturated heterocycles. The van der Waals surface area contributed by atoms with Crippen LogP contribution in [0.1, 0.15) is 16.9 Å². The average molecular weight is 318 g/mol. The number of carbonyl (C=O) groups excluding carboxylic acids is 2. The molecule has 0 fully saturated rings. The first-order valence-electron chi connectivity index (χ1n) is 5.53. The summed E-state index contributed by atoms with van der Waals surface area (Å²) in [5.74, 6) is -3.22. The number of nitrogens with zero attached hydrogens (tertiary/aromatic N) is 1. The van der Waals surface area contributed by atoms with Crippen LogP contribution in [0.4, 0.5) is 0 Å². The first kappa shape index (κ1) is 16.7. The van der Waals surface area contributed by atoms with Crippen LogP contribution in [-0.2, 0) is 26.7 Å². The zero-order valence-corrected chi connectivity index (χ0v) is 11.8. The van der Waals surface area contributed by atoms with Crippen molar-refractivity contribution in [3.05, 3.63) is 18.0 Å². The maximum absolute atomic E-state index is 11.9. The summed E-state index contributed by atoms with van der Waals surface area (Å²) in [5, 5.41) is 15.9. The Kier molecular flexibility index (Phi) is 4.70. The van der Waals surface area contributed by atoms with Crippen molar-refractivity contribution in [2.45, 2.75) is 17.4 Å². The van der Waals surface area contributed by atoms with Gasteiger partial charge in [0.05, 0.1) is 6.42 Å². The zero-order valence-electron chi connectivity index (χ0n) is 10.9. The van der Waals surface area contributed by atoms with E-state index in [-0.39, 0.29) is 10.6 Å². The van der Waals surface area contributed by atoms with Gasteiger partial charge in [-0.3, -0.25) is 9.59 Å². The second-order valence-electron chi connectivity index (χ2n) is 4.25. The molecule has 2 amide bonds. The van der Waals surface area contributed by atoms with Gasteiger partial charge < -0.3 is 20.7 Å². The summed E-state index contributed by atoms with van der Waals surface area (Å²) in [7, 11) is -2.61. The number of primary amides is 1. The molecular formula is C10H14N4O6S. The maximum atomic E-state index is 11.9. The number of nitrogens with two attached hydrogens (primary N) is 2. The lowest BCUT2D eigenvalue weighted by Gasteiger charge is -2.12. The van der Waals surface area contributed by atoms with Crippen LogP contribution in [0, 0.1) is 0 Å². The van der Waals surface area contributed by atoms with Crippen LogP contribution >= 0.6 is 0 Å². The number of aryl methyl sites for hydroxylation is 1. The summed E-state index contributed by atoms with van der Waals surface area (Å²) in [6.07, 6.45) is 0.516. The number of hydrogen-bond donors (Lipinski definition) is 4. The Balaban J connectivity index is 3.01. The van der Waals surface area contributed by atoms with Crippen molar-refractivity contribution in [2.75, 3.05) is 0 Å². The predicted octanol–water partition coefficient (Wildman–Crippen LogP) is -2.27. The molecule has 0 aliphatic heterocycles. The molecule has 1 aromatic rings. The molecule has 0 aromatic carbocycles. The molecule has 0 saturated carbocycles. The number of carboxylic acids is 1. The third-order valence-corrected chi connectivity index (χ3v) is 3.43. The second kappa shape index (κ2) is 5.93. The molecule has 1 heterocycles. The Morgan fingerprint density at radius 2 is 2.00 bits per heavy atom. The second-order valence-corrected chi connectivity index (χ2v) is 5.81. The standard InChI is InChI=1S/C10H14N4O6S/c1-14-4-5(21(12,19)20)2-7(14)9(16)13-6(10(17)18)3-8(11)15/h2,4,6H,3H2,1H3,(H2,11,15)(H,13,16)(H,17,18)(H2,12,19,20). The van der Waals surface area contributed by atoms with Crippen molar-refractivity contribution in [3.63, 3.8) is 0 Å². The van der Waals surface area contributed by atoms with Gasteiger partial charge in [0.25, 0.3) is 5.91 Å². The van der Waals surface area contributed by atoms with E-state index in [2.05, 4.69) is 5.32 Å². The summed E-state index contributed by atoms with van der Waals surface area (Å²) in [6.45, 7) is 0. The zero-order chi connectivity index (χ0) is 16.4. The summed E-state index contributed by atoms with van der Waals surface area (Å²) in [6, 6.07) is -0.517. The molecule has 0 bridgehead atoms. The molecule has 1 unspecified atom stereocenters. The van der Waals surface area contributed by atoms with Gasteiger partial charge in [-0.1, -0.05) is 0 Å². The number of aromatic nitrogens is 1. The molecule has 10 nitrogen and oxygen atoms in total. The monoisotopic (exact) mass is 318 g/mol. The van der Waals surface area contributed by atoms with E-state index >= 15 is 0 Å². The smallest absolute Gasteiger partial charge is 0.326 e. The van der Waals surface area contributed by atoms with Gasteiger partial charge in [0.1, 0.15) is 16.6 Å². The Labute approximate surface area is 119 Å². The molecule has 116 valence electrons. The van der Waals surface area contributed by atoms with E-state index in [9.17, 15) is 22.8 Å². The van der Waals surface area contributed by atoms with E-state index in [0.29, 0.717) is 0 Å².